The van der Waals surface area contributed by atoms with E-state index in [9.17, 15) is 12.8 Å². The van der Waals surface area contributed by atoms with Crippen molar-refractivity contribution in [3.63, 3.8) is 0 Å². The Bertz CT molecular complexity index is 640. The minimum Gasteiger partial charge on any atom is -0.399 e. The van der Waals surface area contributed by atoms with Crippen LogP contribution in [0.15, 0.2) is 39.9 Å². The fourth-order valence-electron chi connectivity index (χ4n) is 1.30. The van der Waals surface area contributed by atoms with Crippen LogP contribution in [0, 0.1) is 5.82 Å². The molecule has 1 heterocycles. The van der Waals surface area contributed by atoms with E-state index in [1.165, 1.54) is 18.3 Å². The van der Waals surface area contributed by atoms with E-state index in [4.69, 9.17) is 10.3 Å². The SMILES string of the molecule is Nc1ccc(F)c(S(=O)(=O)NCc2ccno2)c1. The third-order valence-corrected chi connectivity index (χ3v) is 3.59. The lowest BCUT2D eigenvalue weighted by Crippen LogP contribution is -2.24. The van der Waals surface area contributed by atoms with E-state index in [0.29, 0.717) is 5.76 Å². The molecule has 96 valence electrons. The topological polar surface area (TPSA) is 98.2 Å². The second-order valence-corrected chi connectivity index (χ2v) is 5.23. The van der Waals surface area contributed by atoms with Crippen molar-refractivity contribution in [1.82, 2.24) is 9.88 Å². The van der Waals surface area contributed by atoms with Crippen molar-refractivity contribution < 1.29 is 17.3 Å². The molecule has 0 saturated carbocycles. The van der Waals surface area contributed by atoms with Crippen LogP contribution < -0.4 is 10.5 Å². The zero-order chi connectivity index (χ0) is 13.2. The van der Waals surface area contributed by atoms with Gasteiger partial charge in [0, 0.05) is 11.8 Å². The summed E-state index contributed by atoms with van der Waals surface area (Å²) in [6.07, 6.45) is 1.38. The van der Waals surface area contributed by atoms with Gasteiger partial charge in [-0.15, -0.1) is 0 Å². The molecule has 8 heteroatoms. The summed E-state index contributed by atoms with van der Waals surface area (Å²) >= 11 is 0. The Morgan fingerprint density at radius 3 is 2.83 bits per heavy atom. The predicted molar refractivity (Wildman–Crippen MR) is 61.3 cm³/mol. The lowest BCUT2D eigenvalue weighted by Gasteiger charge is -2.06. The number of rotatable bonds is 4. The lowest BCUT2D eigenvalue weighted by molar-refractivity contribution is 0.380. The third kappa shape index (κ3) is 2.66. The monoisotopic (exact) mass is 271 g/mol. The maximum absolute atomic E-state index is 13.4. The van der Waals surface area contributed by atoms with Crippen molar-refractivity contribution in [1.29, 1.82) is 0 Å². The van der Waals surface area contributed by atoms with E-state index in [-0.39, 0.29) is 12.2 Å². The number of nitrogen functional groups attached to an aromatic ring is 1. The van der Waals surface area contributed by atoms with Crippen molar-refractivity contribution in [3.05, 3.63) is 42.0 Å². The average Bonchev–Trinajstić information content (AvgIpc) is 2.83. The molecule has 2 aromatic rings. The van der Waals surface area contributed by atoms with Crippen LogP contribution >= 0.6 is 0 Å². The van der Waals surface area contributed by atoms with Gasteiger partial charge >= 0.3 is 0 Å². The zero-order valence-corrected chi connectivity index (χ0v) is 9.95. The van der Waals surface area contributed by atoms with Gasteiger partial charge in [-0.25, -0.2) is 17.5 Å². The van der Waals surface area contributed by atoms with Gasteiger partial charge in [0.1, 0.15) is 10.7 Å². The third-order valence-electron chi connectivity index (χ3n) is 2.17. The molecule has 0 radical (unpaired) electrons. The number of aromatic nitrogens is 1. The summed E-state index contributed by atoms with van der Waals surface area (Å²) < 4.78 is 44.0. The van der Waals surface area contributed by atoms with Gasteiger partial charge in [0.15, 0.2) is 5.76 Å². The lowest BCUT2D eigenvalue weighted by atomic mass is 10.3. The molecule has 0 atom stereocenters. The molecule has 0 fully saturated rings. The van der Waals surface area contributed by atoms with Gasteiger partial charge < -0.3 is 10.3 Å². The van der Waals surface area contributed by atoms with Crippen LogP contribution in [0.4, 0.5) is 10.1 Å². The highest BCUT2D eigenvalue weighted by atomic mass is 32.2. The first-order valence-electron chi connectivity index (χ1n) is 4.93. The van der Waals surface area contributed by atoms with Crippen LogP contribution in [0.2, 0.25) is 0 Å². The summed E-state index contributed by atoms with van der Waals surface area (Å²) in [7, 11) is -3.98. The van der Waals surface area contributed by atoms with Gasteiger partial charge in [-0.3, -0.25) is 0 Å². The number of benzene rings is 1. The van der Waals surface area contributed by atoms with Crippen LogP contribution in [-0.2, 0) is 16.6 Å². The Morgan fingerprint density at radius 1 is 1.39 bits per heavy atom. The molecule has 0 spiro atoms. The maximum Gasteiger partial charge on any atom is 0.243 e. The zero-order valence-electron chi connectivity index (χ0n) is 9.13. The Labute approximate surface area is 103 Å². The van der Waals surface area contributed by atoms with Gasteiger partial charge in [-0.1, -0.05) is 5.16 Å². The van der Waals surface area contributed by atoms with E-state index >= 15 is 0 Å². The van der Waals surface area contributed by atoms with Crippen LogP contribution in [0.25, 0.3) is 0 Å². The molecule has 0 saturated heterocycles. The Balaban J connectivity index is 2.22. The largest absolute Gasteiger partial charge is 0.399 e. The molecule has 1 aromatic carbocycles. The predicted octanol–water partition coefficient (Wildman–Crippen LogP) is 0.874. The molecular formula is C10H10FN3O3S. The highest BCUT2D eigenvalue weighted by molar-refractivity contribution is 7.89. The van der Waals surface area contributed by atoms with Crippen molar-refractivity contribution in [2.24, 2.45) is 0 Å². The molecule has 0 aliphatic rings. The molecule has 0 aliphatic carbocycles. The van der Waals surface area contributed by atoms with Crippen molar-refractivity contribution >= 4 is 15.7 Å². The molecule has 0 aliphatic heterocycles. The summed E-state index contributed by atoms with van der Waals surface area (Å²) in [5, 5.41) is 3.42. The Morgan fingerprint density at radius 2 is 2.17 bits per heavy atom. The number of nitrogens with one attached hydrogen (secondary N) is 1. The van der Waals surface area contributed by atoms with Crippen molar-refractivity contribution in [3.8, 4) is 0 Å². The average molecular weight is 271 g/mol. The molecular weight excluding hydrogens is 261 g/mol. The van der Waals surface area contributed by atoms with E-state index in [1.807, 2.05) is 0 Å². The molecule has 18 heavy (non-hydrogen) atoms. The first-order valence-corrected chi connectivity index (χ1v) is 6.41. The molecule has 0 amide bonds. The van der Waals surface area contributed by atoms with Gasteiger partial charge in [0.05, 0.1) is 12.7 Å². The van der Waals surface area contributed by atoms with Gasteiger partial charge in [0.2, 0.25) is 10.0 Å². The Hall–Kier alpha value is -1.93. The molecule has 3 N–H and O–H groups in total. The smallest absolute Gasteiger partial charge is 0.243 e. The molecule has 2 rings (SSSR count). The first kappa shape index (κ1) is 12.5. The number of halogens is 1. The minimum absolute atomic E-state index is 0.115. The normalized spacial score (nSPS) is 11.6. The molecule has 0 bridgehead atoms. The number of nitrogens with two attached hydrogens (primary N) is 1. The van der Waals surface area contributed by atoms with E-state index in [2.05, 4.69) is 9.88 Å². The second kappa shape index (κ2) is 4.75. The molecule has 6 nitrogen and oxygen atoms in total. The maximum atomic E-state index is 13.4. The number of nitrogens with zero attached hydrogens (tertiary/aromatic N) is 1. The summed E-state index contributed by atoms with van der Waals surface area (Å²) in [5.41, 5.74) is 5.59. The first-order chi connectivity index (χ1) is 8.49. The highest BCUT2D eigenvalue weighted by Gasteiger charge is 2.19. The Kier molecular flexibility index (Phi) is 3.30. The van der Waals surface area contributed by atoms with E-state index in [0.717, 1.165) is 12.1 Å². The van der Waals surface area contributed by atoms with Crippen LogP contribution in [0.5, 0.6) is 0 Å². The van der Waals surface area contributed by atoms with Crippen LogP contribution in [0.3, 0.4) is 0 Å². The number of sulfonamides is 1. The van der Waals surface area contributed by atoms with Gasteiger partial charge in [0.25, 0.3) is 0 Å². The van der Waals surface area contributed by atoms with Crippen molar-refractivity contribution in [2.45, 2.75) is 11.4 Å². The number of hydrogen-bond donors (Lipinski definition) is 2. The minimum atomic E-state index is -3.98. The summed E-state index contributed by atoms with van der Waals surface area (Å²) in [6.45, 7) is -0.115. The van der Waals surface area contributed by atoms with E-state index in [1.54, 1.807) is 0 Å². The van der Waals surface area contributed by atoms with Crippen LogP contribution in [0.1, 0.15) is 5.76 Å². The number of anilines is 1. The fraction of sp³-hybridized carbons (Fsp3) is 0.100. The molecule has 0 unspecified atom stereocenters. The van der Waals surface area contributed by atoms with Gasteiger partial charge in [-0.2, -0.15) is 0 Å². The second-order valence-electron chi connectivity index (χ2n) is 3.49. The van der Waals surface area contributed by atoms with Gasteiger partial charge in [-0.05, 0) is 18.2 Å². The summed E-state index contributed by atoms with van der Waals surface area (Å²) in [6, 6.07) is 4.83. The fourth-order valence-corrected chi connectivity index (χ4v) is 2.41. The molecule has 1 aromatic heterocycles. The van der Waals surface area contributed by atoms with Crippen LogP contribution in [-0.4, -0.2) is 13.6 Å². The van der Waals surface area contributed by atoms with E-state index < -0.39 is 20.7 Å². The number of hydrogen-bond acceptors (Lipinski definition) is 5. The quantitative estimate of drug-likeness (QED) is 0.804. The summed E-state index contributed by atoms with van der Waals surface area (Å²) in [5.74, 6) is -0.544. The highest BCUT2D eigenvalue weighted by Crippen LogP contribution is 2.17. The summed E-state index contributed by atoms with van der Waals surface area (Å²) in [4.78, 5) is -0.498. The standard InChI is InChI=1S/C10H10FN3O3S/c11-9-2-1-7(12)5-10(9)18(15,16)14-6-8-3-4-13-17-8/h1-5,14H,6,12H2. The van der Waals surface area contributed by atoms with Crippen molar-refractivity contribution in [2.75, 3.05) is 5.73 Å².